The molecule has 0 atom stereocenters. The van der Waals surface area contributed by atoms with E-state index < -0.39 is 0 Å². The van der Waals surface area contributed by atoms with E-state index >= 15 is 0 Å². The number of nitrogens with zero attached hydrogens (tertiary/aromatic N) is 2. The maximum atomic E-state index is 11.7. The molecule has 0 aliphatic heterocycles. The second-order valence-corrected chi connectivity index (χ2v) is 4.56. The van der Waals surface area contributed by atoms with E-state index in [2.05, 4.69) is 10.5 Å². The van der Waals surface area contributed by atoms with Gasteiger partial charge in [0.05, 0.1) is 0 Å². The molecule has 6 nitrogen and oxygen atoms in total. The van der Waals surface area contributed by atoms with Gasteiger partial charge >= 0.3 is 0 Å². The van der Waals surface area contributed by atoms with Crippen LogP contribution in [0.2, 0.25) is 0 Å². The van der Waals surface area contributed by atoms with Gasteiger partial charge in [0.1, 0.15) is 5.76 Å². The van der Waals surface area contributed by atoms with Gasteiger partial charge in [-0.3, -0.25) is 9.59 Å². The standard InChI is InChI=1S/C12H19N3O3/c1-8(2)10-7-9(14-18-10)12(17)13-6-5-11(16)15(3)4/h7-8H,5-6H2,1-4H3,(H,13,17). The first kappa shape index (κ1) is 14.2. The van der Waals surface area contributed by atoms with Crippen molar-refractivity contribution in [1.29, 1.82) is 0 Å². The molecule has 100 valence electrons. The van der Waals surface area contributed by atoms with Gasteiger partial charge in [-0.25, -0.2) is 0 Å². The lowest BCUT2D eigenvalue weighted by atomic mass is 10.1. The minimum absolute atomic E-state index is 0.0293. The highest BCUT2D eigenvalue weighted by Gasteiger charge is 2.14. The lowest BCUT2D eigenvalue weighted by Gasteiger charge is -2.09. The predicted octanol–water partition coefficient (Wildman–Crippen LogP) is 1.01. The smallest absolute Gasteiger partial charge is 0.273 e. The molecule has 2 amide bonds. The molecule has 0 unspecified atom stereocenters. The third-order valence-corrected chi connectivity index (χ3v) is 2.45. The maximum absolute atomic E-state index is 11.7. The van der Waals surface area contributed by atoms with E-state index in [0.717, 1.165) is 0 Å². The molecule has 1 aromatic heterocycles. The first-order chi connectivity index (χ1) is 8.41. The number of carbonyl (C=O) groups excluding carboxylic acids is 2. The highest BCUT2D eigenvalue weighted by molar-refractivity contribution is 5.92. The first-order valence-corrected chi connectivity index (χ1v) is 5.86. The zero-order valence-corrected chi connectivity index (χ0v) is 11.2. The Kier molecular flexibility index (Phi) is 4.88. The second kappa shape index (κ2) is 6.18. The molecule has 1 aromatic rings. The summed E-state index contributed by atoms with van der Waals surface area (Å²) in [5.41, 5.74) is 0.246. The van der Waals surface area contributed by atoms with Crippen molar-refractivity contribution in [2.75, 3.05) is 20.6 Å². The van der Waals surface area contributed by atoms with Crippen LogP contribution in [0.25, 0.3) is 0 Å². The lowest BCUT2D eigenvalue weighted by Crippen LogP contribution is -2.30. The molecule has 0 aromatic carbocycles. The van der Waals surface area contributed by atoms with E-state index in [9.17, 15) is 9.59 Å². The fourth-order valence-corrected chi connectivity index (χ4v) is 1.27. The van der Waals surface area contributed by atoms with Crippen molar-refractivity contribution in [1.82, 2.24) is 15.4 Å². The molecule has 0 radical (unpaired) electrons. The van der Waals surface area contributed by atoms with Crippen LogP contribution in [0.4, 0.5) is 0 Å². The molecular weight excluding hydrogens is 234 g/mol. The molecule has 1 rings (SSSR count). The number of rotatable bonds is 5. The molecule has 0 bridgehead atoms. The summed E-state index contributed by atoms with van der Waals surface area (Å²) in [5, 5.41) is 6.32. The quantitative estimate of drug-likeness (QED) is 0.849. The minimum Gasteiger partial charge on any atom is -0.360 e. The van der Waals surface area contributed by atoms with Crippen molar-refractivity contribution in [2.45, 2.75) is 26.2 Å². The van der Waals surface area contributed by atoms with Gasteiger partial charge in [-0.2, -0.15) is 0 Å². The van der Waals surface area contributed by atoms with Crippen molar-refractivity contribution in [2.24, 2.45) is 0 Å². The Balaban J connectivity index is 2.43. The van der Waals surface area contributed by atoms with Gasteiger partial charge in [-0.15, -0.1) is 0 Å². The SMILES string of the molecule is CC(C)c1cc(C(=O)NCCC(=O)N(C)C)no1. The number of carbonyl (C=O) groups is 2. The summed E-state index contributed by atoms with van der Waals surface area (Å²) in [6.45, 7) is 4.20. The zero-order chi connectivity index (χ0) is 13.7. The van der Waals surface area contributed by atoms with E-state index in [4.69, 9.17) is 4.52 Å². The van der Waals surface area contributed by atoms with Crippen molar-refractivity contribution in [3.8, 4) is 0 Å². The third kappa shape index (κ3) is 3.87. The van der Waals surface area contributed by atoms with Crippen LogP contribution in [0.5, 0.6) is 0 Å². The summed E-state index contributed by atoms with van der Waals surface area (Å²) in [4.78, 5) is 24.5. The van der Waals surface area contributed by atoms with E-state index in [1.165, 1.54) is 4.90 Å². The molecule has 1 heterocycles. The fraction of sp³-hybridized carbons (Fsp3) is 0.583. The van der Waals surface area contributed by atoms with E-state index in [0.29, 0.717) is 12.3 Å². The molecule has 1 N–H and O–H groups in total. The maximum Gasteiger partial charge on any atom is 0.273 e. The van der Waals surface area contributed by atoms with E-state index in [1.807, 2.05) is 13.8 Å². The van der Waals surface area contributed by atoms with Gasteiger partial charge in [0.25, 0.3) is 5.91 Å². The largest absolute Gasteiger partial charge is 0.360 e. The van der Waals surface area contributed by atoms with Gasteiger partial charge in [-0.1, -0.05) is 19.0 Å². The highest BCUT2D eigenvalue weighted by atomic mass is 16.5. The topological polar surface area (TPSA) is 75.4 Å². The summed E-state index contributed by atoms with van der Waals surface area (Å²) >= 11 is 0. The Morgan fingerprint density at radius 2 is 2.11 bits per heavy atom. The van der Waals surface area contributed by atoms with Crippen LogP contribution in [-0.4, -0.2) is 42.5 Å². The van der Waals surface area contributed by atoms with Crippen molar-refractivity contribution >= 4 is 11.8 Å². The Hall–Kier alpha value is -1.85. The second-order valence-electron chi connectivity index (χ2n) is 4.56. The van der Waals surface area contributed by atoms with Crippen LogP contribution >= 0.6 is 0 Å². The monoisotopic (exact) mass is 253 g/mol. The summed E-state index contributed by atoms with van der Waals surface area (Å²) in [7, 11) is 3.35. The lowest BCUT2D eigenvalue weighted by molar-refractivity contribution is -0.128. The predicted molar refractivity (Wildman–Crippen MR) is 66.2 cm³/mol. The van der Waals surface area contributed by atoms with Crippen molar-refractivity contribution in [3.63, 3.8) is 0 Å². The zero-order valence-electron chi connectivity index (χ0n) is 11.2. The van der Waals surface area contributed by atoms with Crippen LogP contribution in [0, 0.1) is 0 Å². The van der Waals surface area contributed by atoms with Crippen LogP contribution < -0.4 is 5.32 Å². The molecule has 0 saturated heterocycles. The Bertz CT molecular complexity index is 424. The van der Waals surface area contributed by atoms with Crippen LogP contribution in [-0.2, 0) is 4.79 Å². The molecule has 6 heteroatoms. The van der Waals surface area contributed by atoms with Crippen LogP contribution in [0.3, 0.4) is 0 Å². The average Bonchev–Trinajstić information content (AvgIpc) is 2.77. The van der Waals surface area contributed by atoms with Crippen molar-refractivity contribution < 1.29 is 14.1 Å². The number of hydrogen-bond donors (Lipinski definition) is 1. The van der Waals surface area contributed by atoms with Gasteiger partial charge in [0, 0.05) is 39.0 Å². The number of aromatic nitrogens is 1. The molecule has 0 spiro atoms. The first-order valence-electron chi connectivity index (χ1n) is 5.86. The third-order valence-electron chi connectivity index (χ3n) is 2.45. The highest BCUT2D eigenvalue weighted by Crippen LogP contribution is 2.14. The molecule has 0 fully saturated rings. The average molecular weight is 253 g/mol. The Morgan fingerprint density at radius 3 is 2.61 bits per heavy atom. The number of amides is 2. The van der Waals surface area contributed by atoms with Crippen LogP contribution in [0.15, 0.2) is 10.6 Å². The summed E-state index contributed by atoms with van der Waals surface area (Å²) in [6.07, 6.45) is 0.271. The van der Waals surface area contributed by atoms with Crippen LogP contribution in [0.1, 0.15) is 42.4 Å². The van der Waals surface area contributed by atoms with Gasteiger partial charge < -0.3 is 14.7 Å². The van der Waals surface area contributed by atoms with E-state index in [-0.39, 0.29) is 29.8 Å². The molecular formula is C12H19N3O3. The Labute approximate surface area is 106 Å². The molecule has 0 aliphatic rings. The molecule has 0 aliphatic carbocycles. The summed E-state index contributed by atoms with van der Waals surface area (Å²) < 4.78 is 5.03. The van der Waals surface area contributed by atoms with Crippen molar-refractivity contribution in [3.05, 3.63) is 17.5 Å². The van der Waals surface area contributed by atoms with Gasteiger partial charge in [0.2, 0.25) is 5.91 Å². The number of nitrogens with one attached hydrogen (secondary N) is 1. The minimum atomic E-state index is -0.322. The summed E-state index contributed by atoms with van der Waals surface area (Å²) in [6, 6.07) is 1.62. The Morgan fingerprint density at radius 1 is 1.44 bits per heavy atom. The molecule has 0 saturated carbocycles. The fourth-order valence-electron chi connectivity index (χ4n) is 1.27. The number of hydrogen-bond acceptors (Lipinski definition) is 4. The van der Waals surface area contributed by atoms with Gasteiger partial charge in [0.15, 0.2) is 5.69 Å². The summed E-state index contributed by atoms with van der Waals surface area (Å²) in [5.74, 6) is 0.509. The van der Waals surface area contributed by atoms with E-state index in [1.54, 1.807) is 20.2 Å². The molecule has 18 heavy (non-hydrogen) atoms. The van der Waals surface area contributed by atoms with Gasteiger partial charge in [-0.05, 0) is 0 Å². The normalized spacial score (nSPS) is 10.5.